The zero-order chi connectivity index (χ0) is 45.9. The van der Waals surface area contributed by atoms with Crippen molar-refractivity contribution in [3.8, 4) is 6.07 Å². The van der Waals surface area contributed by atoms with Crippen LogP contribution in [0.15, 0.2) is 42.7 Å². The number of nitrogens with one attached hydrogen (secondary N) is 3. The first-order chi connectivity index (χ1) is 30.5. The summed E-state index contributed by atoms with van der Waals surface area (Å²) in [6, 6.07) is 10.8. The summed E-state index contributed by atoms with van der Waals surface area (Å²) in [6.07, 6.45) is 6.27. The fourth-order valence-corrected chi connectivity index (χ4v) is 9.48. The van der Waals surface area contributed by atoms with Crippen LogP contribution in [0.3, 0.4) is 0 Å². The van der Waals surface area contributed by atoms with Crippen LogP contribution in [0.25, 0.3) is 10.9 Å². The molecule has 3 aliphatic rings. The van der Waals surface area contributed by atoms with Gasteiger partial charge in [0.15, 0.2) is 5.78 Å². The lowest BCUT2D eigenvalue weighted by Crippen LogP contribution is -2.54. The Morgan fingerprint density at radius 1 is 1.09 bits per heavy atom. The third kappa shape index (κ3) is 9.91. The van der Waals surface area contributed by atoms with Gasteiger partial charge in [0.25, 0.3) is 0 Å². The number of carbonyl (C=O) groups is 4. The Kier molecular flexibility index (Phi) is 13.5. The topological polar surface area (TPSA) is 212 Å². The van der Waals surface area contributed by atoms with Crippen molar-refractivity contribution in [2.75, 3.05) is 50.7 Å². The number of aryl methyl sites for hydroxylation is 2. The Morgan fingerprint density at radius 2 is 1.86 bits per heavy atom. The second-order valence-corrected chi connectivity index (χ2v) is 18.7. The monoisotopic (exact) mass is 876 g/mol. The number of aromatic amines is 1. The molecule has 340 valence electrons. The molecule has 2 aromatic heterocycles. The molecule has 2 aliphatic heterocycles. The van der Waals surface area contributed by atoms with E-state index in [2.05, 4.69) is 69.4 Å². The minimum absolute atomic E-state index is 0.00528. The van der Waals surface area contributed by atoms with Crippen LogP contribution in [0.4, 0.5) is 16.4 Å². The summed E-state index contributed by atoms with van der Waals surface area (Å²) < 4.78 is 6.83. The van der Waals surface area contributed by atoms with E-state index in [4.69, 9.17) is 4.74 Å². The number of nitriles is 1. The number of ether oxygens (including phenoxy) is 1. The van der Waals surface area contributed by atoms with Crippen molar-refractivity contribution in [2.24, 2.45) is 0 Å². The molecule has 0 spiro atoms. The average molecular weight is 877 g/mol. The lowest BCUT2D eigenvalue weighted by Gasteiger charge is -2.39. The standard InChI is InChI=1S/C47H60N10O7/c1-7-31-26-34-35(47(5,6)42-40(41(34)59)33-15-14-30(28-48)25-37(33)51-42)27-38(31)54-21-23-55(24-22-54)39(58)13-10-18-53-17-8-11-32(29-53)50-43(60)36(52-45(61)64-46(2,3)4)12-9-19-56-20-16-49-44(56)57(62)63/h14-16,20,25-27,32,36,51H,7-13,17-19,21-24,29H2,1-6H3,(H,50,60)(H,52,61)/t32-,36+/m1/s1. The van der Waals surface area contributed by atoms with Gasteiger partial charge in [-0.25, -0.2) is 9.36 Å². The smallest absolute Gasteiger partial charge is 0.434 e. The van der Waals surface area contributed by atoms with E-state index in [1.165, 1.54) is 17.0 Å². The first-order valence-corrected chi connectivity index (χ1v) is 22.5. The maximum Gasteiger partial charge on any atom is 0.434 e. The van der Waals surface area contributed by atoms with Gasteiger partial charge in [0.05, 0.1) is 23.7 Å². The molecule has 17 nitrogen and oxygen atoms in total. The fourth-order valence-electron chi connectivity index (χ4n) is 9.48. The van der Waals surface area contributed by atoms with Crippen LogP contribution in [0.1, 0.15) is 118 Å². The average Bonchev–Trinajstić information content (AvgIpc) is 3.90. The predicted octanol–water partition coefficient (Wildman–Crippen LogP) is 5.96. The van der Waals surface area contributed by atoms with E-state index in [1.807, 2.05) is 11.0 Å². The van der Waals surface area contributed by atoms with E-state index >= 15 is 0 Å². The quantitative estimate of drug-likeness (QED) is 0.0994. The van der Waals surface area contributed by atoms with Gasteiger partial charge >= 0.3 is 12.0 Å². The van der Waals surface area contributed by atoms with Crippen molar-refractivity contribution in [3.05, 3.63) is 86.4 Å². The molecule has 3 amide bonds. The number of nitrogens with zero attached hydrogens (tertiary/aromatic N) is 7. The number of nitro groups is 1. The van der Waals surface area contributed by atoms with Gasteiger partial charge in [-0.2, -0.15) is 5.26 Å². The van der Waals surface area contributed by atoms with Crippen molar-refractivity contribution in [2.45, 2.75) is 116 Å². The SMILES string of the molecule is CCc1cc2c(cc1N1CCN(C(=O)CCCN3CCC[C@@H](NC(=O)[C@H](CCCn4ccnc4[N+](=O)[O-])NC(=O)OC(C)(C)C)C3)CC1)C(C)(C)c1[nH]c3cc(C#N)ccc3c1C2=O. The molecular formula is C47H60N10O7. The predicted molar refractivity (Wildman–Crippen MR) is 241 cm³/mol. The van der Waals surface area contributed by atoms with Gasteiger partial charge in [-0.05, 0) is 113 Å². The van der Waals surface area contributed by atoms with E-state index in [0.717, 1.165) is 59.2 Å². The summed E-state index contributed by atoms with van der Waals surface area (Å²) in [5.41, 5.74) is 5.50. The minimum Gasteiger partial charge on any atom is -0.444 e. The summed E-state index contributed by atoms with van der Waals surface area (Å²) in [4.78, 5) is 78.5. The largest absolute Gasteiger partial charge is 0.444 e. The number of likely N-dealkylation sites (tertiary alicyclic amines) is 1. The highest BCUT2D eigenvalue weighted by Crippen LogP contribution is 2.46. The molecular weight excluding hydrogens is 817 g/mol. The van der Waals surface area contributed by atoms with Crippen molar-refractivity contribution >= 4 is 46.2 Å². The molecule has 4 aromatic rings. The number of alkyl carbamates (subject to hydrolysis) is 1. The summed E-state index contributed by atoms with van der Waals surface area (Å²) in [6.45, 7) is 16.6. The highest BCUT2D eigenvalue weighted by atomic mass is 16.6. The van der Waals surface area contributed by atoms with Crippen molar-refractivity contribution in [3.63, 3.8) is 0 Å². The number of hydrogen-bond acceptors (Lipinski definition) is 11. The van der Waals surface area contributed by atoms with Gasteiger partial charge in [-0.15, -0.1) is 0 Å². The van der Waals surface area contributed by atoms with Crippen molar-refractivity contribution in [1.29, 1.82) is 5.26 Å². The first-order valence-electron chi connectivity index (χ1n) is 22.5. The molecule has 4 heterocycles. The van der Waals surface area contributed by atoms with Crippen LogP contribution in [-0.2, 0) is 32.7 Å². The highest BCUT2D eigenvalue weighted by Gasteiger charge is 2.41. The zero-order valence-corrected chi connectivity index (χ0v) is 37.8. The van der Waals surface area contributed by atoms with E-state index in [1.54, 1.807) is 32.9 Å². The molecule has 64 heavy (non-hydrogen) atoms. The van der Waals surface area contributed by atoms with Gasteiger partial charge in [0.1, 0.15) is 24.0 Å². The van der Waals surface area contributed by atoms with Crippen LogP contribution in [0.2, 0.25) is 0 Å². The van der Waals surface area contributed by atoms with E-state index in [-0.39, 0.29) is 42.6 Å². The third-order valence-electron chi connectivity index (χ3n) is 12.7. The molecule has 0 radical (unpaired) electrons. The molecule has 0 saturated carbocycles. The number of amides is 3. The lowest BCUT2D eigenvalue weighted by atomic mass is 9.70. The minimum atomic E-state index is -0.906. The number of piperazine rings is 1. The molecule has 0 unspecified atom stereocenters. The number of hydrogen-bond donors (Lipinski definition) is 3. The van der Waals surface area contributed by atoms with Crippen LogP contribution in [0.5, 0.6) is 0 Å². The van der Waals surface area contributed by atoms with Crippen LogP contribution < -0.4 is 15.5 Å². The zero-order valence-electron chi connectivity index (χ0n) is 37.8. The van der Waals surface area contributed by atoms with Gasteiger partial charge in [-0.1, -0.05) is 31.8 Å². The van der Waals surface area contributed by atoms with Gasteiger partial charge in [0.2, 0.25) is 11.8 Å². The van der Waals surface area contributed by atoms with Crippen molar-refractivity contribution < 1.29 is 28.8 Å². The second-order valence-electron chi connectivity index (χ2n) is 18.7. The van der Waals surface area contributed by atoms with Crippen LogP contribution in [-0.4, -0.2) is 116 Å². The molecule has 3 N–H and O–H groups in total. The number of aromatic nitrogens is 3. The molecule has 2 fully saturated rings. The number of H-pyrrole nitrogens is 1. The molecule has 1 aliphatic carbocycles. The number of anilines is 1. The molecule has 2 aromatic carbocycles. The molecule has 17 heteroatoms. The van der Waals surface area contributed by atoms with Crippen LogP contribution >= 0.6 is 0 Å². The van der Waals surface area contributed by atoms with E-state index in [9.17, 15) is 34.6 Å². The molecule has 7 rings (SSSR count). The van der Waals surface area contributed by atoms with E-state index < -0.39 is 28.1 Å². The Morgan fingerprint density at radius 3 is 2.56 bits per heavy atom. The Hall–Kier alpha value is -6.28. The number of fused-ring (bicyclic) bond motifs is 4. The van der Waals surface area contributed by atoms with Gasteiger partial charge in [-0.3, -0.25) is 14.4 Å². The second kappa shape index (κ2) is 18.8. The van der Waals surface area contributed by atoms with Crippen molar-refractivity contribution in [1.82, 2.24) is 35.0 Å². The molecule has 0 bridgehead atoms. The Labute approximate surface area is 373 Å². The first kappa shape index (κ1) is 45.7. The molecule has 2 saturated heterocycles. The maximum absolute atomic E-state index is 14.1. The Balaban J connectivity index is 0.907. The summed E-state index contributed by atoms with van der Waals surface area (Å²) >= 11 is 0. The number of ketones is 1. The number of imidazole rings is 1. The van der Waals surface area contributed by atoms with E-state index in [0.29, 0.717) is 75.2 Å². The number of carbonyl (C=O) groups excluding carboxylic acids is 4. The number of rotatable bonds is 14. The third-order valence-corrected chi connectivity index (χ3v) is 12.7. The summed E-state index contributed by atoms with van der Waals surface area (Å²) in [5.74, 6) is -0.509. The Bertz CT molecular complexity index is 2470. The number of piperidine rings is 1. The fraction of sp³-hybridized carbons (Fsp3) is 0.532. The summed E-state index contributed by atoms with van der Waals surface area (Å²) in [7, 11) is 0. The van der Waals surface area contributed by atoms with Gasteiger partial charge in [0, 0.05) is 78.4 Å². The normalized spacial score (nSPS) is 17.9. The van der Waals surface area contributed by atoms with Crippen LogP contribution in [0, 0.1) is 21.4 Å². The van der Waals surface area contributed by atoms with Gasteiger partial charge < -0.3 is 45.2 Å². The molecule has 2 atom stereocenters. The lowest BCUT2D eigenvalue weighted by molar-refractivity contribution is -0.396. The number of benzene rings is 2. The highest BCUT2D eigenvalue weighted by molar-refractivity contribution is 6.20. The summed E-state index contributed by atoms with van der Waals surface area (Å²) in [5, 5.41) is 27.4. The maximum atomic E-state index is 14.1.